The molecule has 0 bridgehead atoms. The summed E-state index contributed by atoms with van der Waals surface area (Å²) < 4.78 is 5.73. The molecule has 0 radical (unpaired) electrons. The Hall–Kier alpha value is -1.88. The van der Waals surface area contributed by atoms with E-state index in [1.54, 1.807) is 24.5 Å². The highest BCUT2D eigenvalue weighted by atomic mass is 127. The van der Waals surface area contributed by atoms with E-state index in [0.717, 1.165) is 22.3 Å². The average Bonchev–Trinajstić information content (AvgIpc) is 2.99. The number of rotatable bonds is 7. The summed E-state index contributed by atoms with van der Waals surface area (Å²) in [7, 11) is 3.73. The minimum Gasteiger partial charge on any atom is -0.492 e. The van der Waals surface area contributed by atoms with Crippen LogP contribution in [0.5, 0.6) is 5.75 Å². The lowest BCUT2D eigenvalue weighted by atomic mass is 10.3. The van der Waals surface area contributed by atoms with Crippen molar-refractivity contribution in [3.63, 3.8) is 0 Å². The Morgan fingerprint density at radius 3 is 2.81 bits per heavy atom. The SMILES string of the molecule is CN=C(NCCOc1cccc(NC(C)=O)c1)N(C)Cc1csc(C)n1.I. The van der Waals surface area contributed by atoms with E-state index in [-0.39, 0.29) is 29.9 Å². The summed E-state index contributed by atoms with van der Waals surface area (Å²) in [5.41, 5.74) is 1.75. The third-order valence-electron chi connectivity index (χ3n) is 3.45. The summed E-state index contributed by atoms with van der Waals surface area (Å²) in [5.74, 6) is 1.39. The van der Waals surface area contributed by atoms with E-state index in [2.05, 4.69) is 26.0 Å². The van der Waals surface area contributed by atoms with Gasteiger partial charge in [-0.2, -0.15) is 0 Å². The fraction of sp³-hybridized carbons (Fsp3) is 0.389. The molecule has 0 saturated heterocycles. The Morgan fingerprint density at radius 1 is 1.41 bits per heavy atom. The number of carbonyl (C=O) groups excluding carboxylic acids is 1. The van der Waals surface area contributed by atoms with Crippen LogP contribution in [0.25, 0.3) is 0 Å². The Kier molecular flexibility index (Phi) is 10.1. The molecule has 1 aromatic heterocycles. The van der Waals surface area contributed by atoms with Crippen molar-refractivity contribution >= 4 is 52.9 Å². The van der Waals surface area contributed by atoms with Crippen LogP contribution in [0, 0.1) is 6.92 Å². The van der Waals surface area contributed by atoms with Crippen molar-refractivity contribution < 1.29 is 9.53 Å². The van der Waals surface area contributed by atoms with Crippen molar-refractivity contribution in [2.24, 2.45) is 4.99 Å². The van der Waals surface area contributed by atoms with Gasteiger partial charge in [-0.1, -0.05) is 6.07 Å². The maximum atomic E-state index is 11.1. The number of nitrogens with zero attached hydrogens (tertiary/aromatic N) is 3. The van der Waals surface area contributed by atoms with Gasteiger partial charge in [0.1, 0.15) is 12.4 Å². The second kappa shape index (κ2) is 11.8. The first-order valence-electron chi connectivity index (χ1n) is 8.31. The number of thiazole rings is 1. The average molecular weight is 503 g/mol. The molecule has 27 heavy (non-hydrogen) atoms. The van der Waals surface area contributed by atoms with Crippen molar-refractivity contribution in [3.8, 4) is 5.75 Å². The van der Waals surface area contributed by atoms with Gasteiger partial charge in [-0.25, -0.2) is 4.98 Å². The van der Waals surface area contributed by atoms with Crippen molar-refractivity contribution in [2.75, 3.05) is 32.6 Å². The first-order valence-corrected chi connectivity index (χ1v) is 9.19. The summed E-state index contributed by atoms with van der Waals surface area (Å²) in [6.45, 7) is 5.26. The molecular weight excluding hydrogens is 477 g/mol. The number of amides is 1. The first kappa shape index (κ1) is 23.2. The minimum absolute atomic E-state index is 0. The Balaban J connectivity index is 0.00000364. The molecule has 0 unspecified atom stereocenters. The van der Waals surface area contributed by atoms with E-state index in [1.807, 2.05) is 37.1 Å². The van der Waals surface area contributed by atoms with Gasteiger partial charge in [0.15, 0.2) is 5.96 Å². The molecule has 9 heteroatoms. The molecule has 2 aromatic rings. The quantitative estimate of drug-likeness (QED) is 0.263. The lowest BCUT2D eigenvalue weighted by Gasteiger charge is -2.21. The van der Waals surface area contributed by atoms with Crippen LogP contribution < -0.4 is 15.4 Å². The second-order valence-electron chi connectivity index (χ2n) is 5.75. The molecule has 0 saturated carbocycles. The van der Waals surface area contributed by atoms with Crippen LogP contribution in [0.4, 0.5) is 5.69 Å². The lowest BCUT2D eigenvalue weighted by Crippen LogP contribution is -2.40. The van der Waals surface area contributed by atoms with Crippen LogP contribution in [0.15, 0.2) is 34.6 Å². The van der Waals surface area contributed by atoms with Crippen LogP contribution in [-0.4, -0.2) is 49.0 Å². The first-order chi connectivity index (χ1) is 12.5. The number of carbonyl (C=O) groups is 1. The van der Waals surface area contributed by atoms with Crippen LogP contribution in [-0.2, 0) is 11.3 Å². The molecule has 0 spiro atoms. The maximum absolute atomic E-state index is 11.1. The summed E-state index contributed by atoms with van der Waals surface area (Å²) in [6.07, 6.45) is 0. The van der Waals surface area contributed by atoms with E-state index >= 15 is 0 Å². The van der Waals surface area contributed by atoms with Crippen molar-refractivity contribution in [1.82, 2.24) is 15.2 Å². The topological polar surface area (TPSA) is 78.9 Å². The standard InChI is InChI=1S/C18H25N5O2S.HI/c1-13(24)21-15-6-5-7-17(10-15)25-9-8-20-18(19-3)23(4)11-16-12-26-14(2)22-16;/h5-7,10,12H,8-9,11H2,1-4H3,(H,19,20)(H,21,24);1H. The van der Waals surface area contributed by atoms with Crippen molar-refractivity contribution in [1.29, 1.82) is 0 Å². The number of aromatic nitrogens is 1. The van der Waals surface area contributed by atoms with Gasteiger partial charge in [0.2, 0.25) is 5.91 Å². The third kappa shape index (κ3) is 8.12. The Bertz CT molecular complexity index is 766. The smallest absolute Gasteiger partial charge is 0.221 e. The summed E-state index contributed by atoms with van der Waals surface area (Å²) in [4.78, 5) is 21.9. The van der Waals surface area contributed by atoms with Gasteiger partial charge in [0.05, 0.1) is 23.8 Å². The van der Waals surface area contributed by atoms with E-state index in [1.165, 1.54) is 6.92 Å². The number of ether oxygens (including phenoxy) is 1. The number of anilines is 1. The minimum atomic E-state index is -0.106. The predicted molar refractivity (Wildman–Crippen MR) is 121 cm³/mol. The summed E-state index contributed by atoms with van der Waals surface area (Å²) >= 11 is 1.65. The van der Waals surface area contributed by atoms with Gasteiger partial charge < -0.3 is 20.3 Å². The normalized spacial score (nSPS) is 10.7. The maximum Gasteiger partial charge on any atom is 0.221 e. The van der Waals surface area contributed by atoms with Gasteiger partial charge in [-0.3, -0.25) is 9.79 Å². The number of aryl methyl sites for hydroxylation is 1. The van der Waals surface area contributed by atoms with Gasteiger partial charge in [-0.15, -0.1) is 35.3 Å². The number of benzene rings is 1. The zero-order valence-corrected chi connectivity index (χ0v) is 19.1. The number of nitrogens with one attached hydrogen (secondary N) is 2. The Morgan fingerprint density at radius 2 is 2.19 bits per heavy atom. The number of guanidine groups is 1. The number of aliphatic imine (C=N–C) groups is 1. The van der Waals surface area contributed by atoms with Crippen molar-refractivity contribution in [3.05, 3.63) is 40.3 Å². The highest BCUT2D eigenvalue weighted by Crippen LogP contribution is 2.17. The highest BCUT2D eigenvalue weighted by molar-refractivity contribution is 14.0. The molecule has 0 aliphatic heterocycles. The third-order valence-corrected chi connectivity index (χ3v) is 4.27. The van der Waals surface area contributed by atoms with Crippen molar-refractivity contribution in [2.45, 2.75) is 20.4 Å². The molecule has 0 aliphatic rings. The van der Waals surface area contributed by atoms with E-state index in [4.69, 9.17) is 4.74 Å². The molecule has 7 nitrogen and oxygen atoms in total. The summed E-state index contributed by atoms with van der Waals surface area (Å²) in [5, 5.41) is 9.13. The van der Waals surface area contributed by atoms with Gasteiger partial charge in [-0.05, 0) is 19.1 Å². The molecule has 2 N–H and O–H groups in total. The van der Waals surface area contributed by atoms with Gasteiger partial charge in [0, 0.05) is 38.2 Å². The molecule has 1 amide bonds. The fourth-order valence-electron chi connectivity index (χ4n) is 2.38. The Labute approximate surface area is 181 Å². The fourth-order valence-corrected chi connectivity index (χ4v) is 2.99. The van der Waals surface area contributed by atoms with Crippen LogP contribution >= 0.6 is 35.3 Å². The predicted octanol–water partition coefficient (Wildman–Crippen LogP) is 3.11. The van der Waals surface area contributed by atoms with Crippen LogP contribution in [0.2, 0.25) is 0 Å². The molecule has 0 atom stereocenters. The zero-order chi connectivity index (χ0) is 18.9. The van der Waals surface area contributed by atoms with Gasteiger partial charge >= 0.3 is 0 Å². The molecule has 148 valence electrons. The molecule has 2 rings (SSSR count). The van der Waals surface area contributed by atoms with E-state index in [0.29, 0.717) is 25.4 Å². The molecule has 0 fully saturated rings. The number of hydrogen-bond acceptors (Lipinski definition) is 5. The number of hydrogen-bond donors (Lipinski definition) is 2. The summed E-state index contributed by atoms with van der Waals surface area (Å²) in [6, 6.07) is 7.32. The van der Waals surface area contributed by atoms with Crippen LogP contribution in [0.3, 0.4) is 0 Å². The molecule has 1 aromatic carbocycles. The second-order valence-corrected chi connectivity index (χ2v) is 6.81. The van der Waals surface area contributed by atoms with Gasteiger partial charge in [0.25, 0.3) is 0 Å². The van der Waals surface area contributed by atoms with Crippen LogP contribution in [0.1, 0.15) is 17.6 Å². The van der Waals surface area contributed by atoms with E-state index in [9.17, 15) is 4.79 Å². The number of halogens is 1. The lowest BCUT2D eigenvalue weighted by molar-refractivity contribution is -0.114. The molecule has 1 heterocycles. The molecule has 0 aliphatic carbocycles. The van der Waals surface area contributed by atoms with E-state index < -0.39 is 0 Å². The highest BCUT2D eigenvalue weighted by Gasteiger charge is 2.08. The largest absolute Gasteiger partial charge is 0.492 e. The molecular formula is C18H26IN5O2S. The monoisotopic (exact) mass is 503 g/mol. The zero-order valence-electron chi connectivity index (χ0n) is 16.0.